The molecule has 1 heterocycles. The maximum Gasteiger partial charge on any atom is 0.0113 e. The van der Waals surface area contributed by atoms with E-state index >= 15 is 0 Å². The van der Waals surface area contributed by atoms with Crippen LogP contribution in [0.3, 0.4) is 0 Å². The molecule has 1 saturated carbocycles. The van der Waals surface area contributed by atoms with Crippen molar-refractivity contribution in [2.24, 2.45) is 0 Å². The molecule has 0 bridgehead atoms. The van der Waals surface area contributed by atoms with Crippen LogP contribution in [0.15, 0.2) is 0 Å². The van der Waals surface area contributed by atoms with Gasteiger partial charge in [0, 0.05) is 32.2 Å². The van der Waals surface area contributed by atoms with Crippen molar-refractivity contribution >= 4 is 0 Å². The fourth-order valence-corrected chi connectivity index (χ4v) is 1.88. The van der Waals surface area contributed by atoms with Crippen LogP contribution in [0, 0.1) is 0 Å². The molecule has 0 N–H and O–H groups in total. The molecule has 2 nitrogen and oxygen atoms in total. The summed E-state index contributed by atoms with van der Waals surface area (Å²) < 4.78 is 0. The second kappa shape index (κ2) is 3.11. The zero-order valence-corrected chi connectivity index (χ0v) is 7.42. The lowest BCUT2D eigenvalue weighted by Gasteiger charge is -2.33. The van der Waals surface area contributed by atoms with E-state index in [0.29, 0.717) is 0 Å². The Morgan fingerprint density at radius 2 is 1.73 bits per heavy atom. The van der Waals surface area contributed by atoms with Gasteiger partial charge in [-0.3, -0.25) is 4.90 Å². The number of rotatable bonds is 2. The molecule has 64 valence electrons. The molecule has 0 aromatic carbocycles. The average Bonchev–Trinajstić information content (AvgIpc) is 2.87. The van der Waals surface area contributed by atoms with Crippen LogP contribution in [-0.2, 0) is 0 Å². The Bertz CT molecular complexity index is 124. The van der Waals surface area contributed by atoms with E-state index in [0.717, 1.165) is 6.04 Å². The Kier molecular flexibility index (Phi) is 2.14. The summed E-state index contributed by atoms with van der Waals surface area (Å²) in [5.74, 6) is 0. The van der Waals surface area contributed by atoms with Crippen molar-refractivity contribution in [3.8, 4) is 0 Å². The highest BCUT2D eigenvalue weighted by atomic mass is 15.3. The quantitative estimate of drug-likeness (QED) is 0.580. The van der Waals surface area contributed by atoms with Crippen molar-refractivity contribution in [1.82, 2.24) is 9.80 Å². The van der Waals surface area contributed by atoms with E-state index < -0.39 is 0 Å². The molecular weight excluding hydrogens is 136 g/mol. The first-order chi connectivity index (χ1) is 5.40. The lowest BCUT2D eigenvalue weighted by Crippen LogP contribution is -2.46. The van der Waals surface area contributed by atoms with E-state index in [1.54, 1.807) is 0 Å². The lowest BCUT2D eigenvalue weighted by atomic mass is 10.3. The van der Waals surface area contributed by atoms with Gasteiger partial charge in [-0.15, -0.1) is 0 Å². The fraction of sp³-hybridized carbons (Fsp3) is 1.00. The predicted octanol–water partition coefficient (Wildman–Crippen LogP) is 0.786. The molecule has 1 aliphatic carbocycles. The molecule has 0 aromatic heterocycles. The molecule has 0 spiro atoms. The molecular formula is C9H18N2. The average molecular weight is 154 g/mol. The highest BCUT2D eigenvalue weighted by Crippen LogP contribution is 2.27. The number of nitrogens with zero attached hydrogens (tertiary/aromatic N) is 2. The lowest BCUT2D eigenvalue weighted by molar-refractivity contribution is 0.131. The zero-order valence-electron chi connectivity index (χ0n) is 7.42. The minimum Gasteiger partial charge on any atom is -0.301 e. The first kappa shape index (κ1) is 7.56. The Labute approximate surface area is 69.2 Å². The summed E-state index contributed by atoms with van der Waals surface area (Å²) in [6.07, 6.45) is 2.93. The molecule has 0 unspecified atom stereocenters. The third-order valence-corrected chi connectivity index (χ3v) is 2.92. The predicted molar refractivity (Wildman–Crippen MR) is 46.7 cm³/mol. The minimum absolute atomic E-state index is 0.981. The van der Waals surface area contributed by atoms with Gasteiger partial charge >= 0.3 is 0 Å². The van der Waals surface area contributed by atoms with Gasteiger partial charge in [0.1, 0.15) is 0 Å². The molecule has 1 saturated heterocycles. The third-order valence-electron chi connectivity index (χ3n) is 2.92. The molecule has 2 aliphatic rings. The second-order valence-electron chi connectivity index (χ2n) is 3.70. The fourth-order valence-electron chi connectivity index (χ4n) is 1.88. The van der Waals surface area contributed by atoms with Crippen LogP contribution >= 0.6 is 0 Å². The Morgan fingerprint density at radius 3 is 2.18 bits per heavy atom. The van der Waals surface area contributed by atoms with Crippen molar-refractivity contribution in [2.45, 2.75) is 25.8 Å². The molecule has 11 heavy (non-hydrogen) atoms. The van der Waals surface area contributed by atoms with E-state index in [-0.39, 0.29) is 0 Å². The minimum atomic E-state index is 0.981. The van der Waals surface area contributed by atoms with Gasteiger partial charge in [-0.05, 0) is 19.4 Å². The van der Waals surface area contributed by atoms with Crippen LogP contribution in [0.2, 0.25) is 0 Å². The van der Waals surface area contributed by atoms with Crippen LogP contribution in [0.5, 0.6) is 0 Å². The van der Waals surface area contributed by atoms with E-state index in [2.05, 4.69) is 16.7 Å². The molecule has 0 radical (unpaired) electrons. The van der Waals surface area contributed by atoms with Gasteiger partial charge in [-0.25, -0.2) is 0 Å². The Morgan fingerprint density at radius 1 is 1.09 bits per heavy atom. The van der Waals surface area contributed by atoms with E-state index in [1.165, 1.54) is 45.6 Å². The summed E-state index contributed by atoms with van der Waals surface area (Å²) in [5.41, 5.74) is 0. The van der Waals surface area contributed by atoms with Crippen molar-refractivity contribution in [3.63, 3.8) is 0 Å². The number of likely N-dealkylation sites (N-methyl/N-ethyl adjacent to an activating group) is 1. The summed E-state index contributed by atoms with van der Waals surface area (Å²) >= 11 is 0. The molecule has 1 aliphatic heterocycles. The van der Waals surface area contributed by atoms with Gasteiger partial charge in [0.25, 0.3) is 0 Å². The molecule has 2 heteroatoms. The van der Waals surface area contributed by atoms with E-state index in [1.807, 2.05) is 0 Å². The van der Waals surface area contributed by atoms with Gasteiger partial charge in [0.2, 0.25) is 0 Å². The van der Waals surface area contributed by atoms with Crippen molar-refractivity contribution in [2.75, 3.05) is 32.7 Å². The maximum atomic E-state index is 2.66. The third kappa shape index (κ3) is 1.74. The number of piperazine rings is 1. The summed E-state index contributed by atoms with van der Waals surface area (Å²) in [7, 11) is 0. The first-order valence-electron chi connectivity index (χ1n) is 4.86. The maximum absolute atomic E-state index is 2.66. The summed E-state index contributed by atoms with van der Waals surface area (Å²) in [4.78, 5) is 5.20. The summed E-state index contributed by atoms with van der Waals surface area (Å²) in [5, 5.41) is 0. The topological polar surface area (TPSA) is 6.48 Å². The molecule has 0 amide bonds. The largest absolute Gasteiger partial charge is 0.301 e. The monoisotopic (exact) mass is 154 g/mol. The summed E-state index contributed by atoms with van der Waals surface area (Å²) in [6.45, 7) is 8.72. The SMILES string of the molecule is CCN1CCN(C2CC2)CC1. The van der Waals surface area contributed by atoms with Crippen LogP contribution < -0.4 is 0 Å². The van der Waals surface area contributed by atoms with Gasteiger partial charge in [-0.2, -0.15) is 0 Å². The smallest absolute Gasteiger partial charge is 0.0113 e. The van der Waals surface area contributed by atoms with Crippen LogP contribution in [0.4, 0.5) is 0 Å². The first-order valence-corrected chi connectivity index (χ1v) is 4.86. The van der Waals surface area contributed by atoms with Crippen molar-refractivity contribution in [3.05, 3.63) is 0 Å². The molecule has 2 rings (SSSR count). The van der Waals surface area contributed by atoms with Crippen molar-refractivity contribution < 1.29 is 0 Å². The molecule has 0 aromatic rings. The van der Waals surface area contributed by atoms with E-state index in [9.17, 15) is 0 Å². The standard InChI is InChI=1S/C9H18N2/c1-2-10-5-7-11(8-6-10)9-3-4-9/h9H,2-8H2,1H3. The van der Waals surface area contributed by atoms with Gasteiger partial charge in [0.05, 0.1) is 0 Å². The molecule has 0 atom stereocenters. The number of hydrogen-bond donors (Lipinski definition) is 0. The molecule has 2 fully saturated rings. The van der Waals surface area contributed by atoms with Gasteiger partial charge in [-0.1, -0.05) is 6.92 Å². The normalized spacial score (nSPS) is 29.2. The Hall–Kier alpha value is -0.0800. The van der Waals surface area contributed by atoms with Crippen LogP contribution in [-0.4, -0.2) is 48.6 Å². The zero-order chi connectivity index (χ0) is 7.68. The second-order valence-corrected chi connectivity index (χ2v) is 3.70. The highest BCUT2D eigenvalue weighted by molar-refractivity contribution is 4.87. The van der Waals surface area contributed by atoms with Crippen LogP contribution in [0.1, 0.15) is 19.8 Å². The van der Waals surface area contributed by atoms with E-state index in [4.69, 9.17) is 0 Å². The van der Waals surface area contributed by atoms with Crippen molar-refractivity contribution in [1.29, 1.82) is 0 Å². The number of hydrogen-bond acceptors (Lipinski definition) is 2. The summed E-state index contributed by atoms with van der Waals surface area (Å²) in [6, 6.07) is 0.981. The van der Waals surface area contributed by atoms with Gasteiger partial charge < -0.3 is 4.90 Å². The van der Waals surface area contributed by atoms with Gasteiger partial charge in [0.15, 0.2) is 0 Å². The highest BCUT2D eigenvalue weighted by Gasteiger charge is 2.30. The van der Waals surface area contributed by atoms with Crippen LogP contribution in [0.25, 0.3) is 0 Å². The Balaban J connectivity index is 1.75.